The highest BCUT2D eigenvalue weighted by Crippen LogP contribution is 2.46. The van der Waals surface area contributed by atoms with Crippen LogP contribution >= 0.6 is 0 Å². The molecule has 0 N–H and O–H groups in total. The Morgan fingerprint density at radius 3 is 2.10 bits per heavy atom. The molecular weight excluding hydrogens is 362 g/mol. The van der Waals surface area contributed by atoms with E-state index in [4.69, 9.17) is 0 Å². The van der Waals surface area contributed by atoms with Gasteiger partial charge in [-0.2, -0.15) is 5.26 Å². The van der Waals surface area contributed by atoms with Gasteiger partial charge in [-0.05, 0) is 65.8 Å². The first-order valence-electron chi connectivity index (χ1n) is 10.7. The summed E-state index contributed by atoms with van der Waals surface area (Å²) in [5.74, 6) is 0.807. The van der Waals surface area contributed by atoms with Gasteiger partial charge < -0.3 is 0 Å². The molecule has 0 aromatic heterocycles. The highest BCUT2D eigenvalue weighted by atomic mass is 14.3. The fraction of sp³-hybridized carbons (Fsp3) is 0.207. The van der Waals surface area contributed by atoms with E-state index in [1.54, 1.807) is 0 Å². The maximum Gasteiger partial charge on any atom is 0.0998 e. The number of rotatable bonds is 2. The van der Waals surface area contributed by atoms with Crippen LogP contribution in [0.2, 0.25) is 0 Å². The molecule has 0 fully saturated rings. The summed E-state index contributed by atoms with van der Waals surface area (Å²) in [5, 5.41) is 11.8. The van der Waals surface area contributed by atoms with Crippen molar-refractivity contribution in [2.24, 2.45) is 0 Å². The average Bonchev–Trinajstić information content (AvgIpc) is 2.78. The third-order valence-electron chi connectivity index (χ3n) is 6.67. The van der Waals surface area contributed by atoms with E-state index in [1.807, 2.05) is 12.1 Å². The predicted molar refractivity (Wildman–Crippen MR) is 124 cm³/mol. The van der Waals surface area contributed by atoms with Gasteiger partial charge in [-0.15, -0.1) is 0 Å². The van der Waals surface area contributed by atoms with Crippen LogP contribution in [-0.4, -0.2) is 0 Å². The standard InChI is InChI=1S/C29H25N/c1-19-7-10-21(11-8-19)24-15-16-27(28-13-9-20(2)17-29(24)28)26-14-12-22(18-30)23-5-3-4-6-25(23)26/h3-14,17,24,27H,15-16H2,1-2H3. The summed E-state index contributed by atoms with van der Waals surface area (Å²) >= 11 is 0. The quantitative estimate of drug-likeness (QED) is 0.352. The SMILES string of the molecule is Cc1ccc(C2CCC(c3ccc(C#N)c4ccccc34)c3ccc(C)cc32)cc1. The van der Waals surface area contributed by atoms with Crippen LogP contribution in [0.25, 0.3) is 10.8 Å². The Morgan fingerprint density at radius 1 is 0.667 bits per heavy atom. The van der Waals surface area contributed by atoms with E-state index in [0.717, 1.165) is 23.8 Å². The van der Waals surface area contributed by atoms with Crippen LogP contribution < -0.4 is 0 Å². The van der Waals surface area contributed by atoms with Gasteiger partial charge >= 0.3 is 0 Å². The van der Waals surface area contributed by atoms with Crippen LogP contribution in [0, 0.1) is 25.2 Å². The monoisotopic (exact) mass is 387 g/mol. The third kappa shape index (κ3) is 3.10. The summed E-state index contributed by atoms with van der Waals surface area (Å²) in [5.41, 5.74) is 9.03. The van der Waals surface area contributed by atoms with Gasteiger partial charge in [-0.3, -0.25) is 0 Å². The molecule has 1 aliphatic carbocycles. The molecule has 146 valence electrons. The molecule has 0 bridgehead atoms. The van der Waals surface area contributed by atoms with Crippen molar-refractivity contribution in [1.29, 1.82) is 5.26 Å². The lowest BCUT2D eigenvalue weighted by Crippen LogP contribution is -2.17. The molecule has 30 heavy (non-hydrogen) atoms. The normalized spacial score (nSPS) is 18.0. The van der Waals surface area contributed by atoms with E-state index in [2.05, 4.69) is 86.6 Å². The second kappa shape index (κ2) is 7.47. The Bertz CT molecular complexity index is 1270. The van der Waals surface area contributed by atoms with Crippen molar-refractivity contribution < 1.29 is 0 Å². The molecule has 4 aromatic rings. The van der Waals surface area contributed by atoms with Crippen LogP contribution in [0.5, 0.6) is 0 Å². The Balaban J connectivity index is 1.67. The van der Waals surface area contributed by atoms with Crippen LogP contribution in [0.1, 0.15) is 63.6 Å². The maximum absolute atomic E-state index is 9.56. The van der Waals surface area contributed by atoms with Gasteiger partial charge in [0.15, 0.2) is 0 Å². The number of hydrogen-bond acceptors (Lipinski definition) is 1. The van der Waals surface area contributed by atoms with Crippen molar-refractivity contribution in [1.82, 2.24) is 0 Å². The fourth-order valence-electron chi connectivity index (χ4n) is 5.15. The van der Waals surface area contributed by atoms with E-state index in [9.17, 15) is 5.26 Å². The van der Waals surface area contributed by atoms with Crippen LogP contribution in [0.4, 0.5) is 0 Å². The van der Waals surface area contributed by atoms with Gasteiger partial charge in [-0.1, -0.05) is 83.9 Å². The largest absolute Gasteiger partial charge is 0.192 e. The minimum Gasteiger partial charge on any atom is -0.192 e. The summed E-state index contributed by atoms with van der Waals surface area (Å²) in [6, 6.07) is 30.9. The average molecular weight is 388 g/mol. The van der Waals surface area contributed by atoms with Crippen LogP contribution in [0.3, 0.4) is 0 Å². The van der Waals surface area contributed by atoms with Crippen LogP contribution in [-0.2, 0) is 0 Å². The summed E-state index contributed by atoms with van der Waals surface area (Å²) in [6.07, 6.45) is 2.25. The zero-order chi connectivity index (χ0) is 20.7. The lowest BCUT2D eigenvalue weighted by molar-refractivity contribution is 0.567. The Labute approximate surface area is 178 Å². The molecule has 0 saturated carbocycles. The molecule has 2 atom stereocenters. The second-order valence-corrected chi connectivity index (χ2v) is 8.59. The lowest BCUT2D eigenvalue weighted by Gasteiger charge is -2.33. The fourth-order valence-corrected chi connectivity index (χ4v) is 5.15. The molecule has 4 aromatic carbocycles. The molecule has 1 aliphatic rings. The van der Waals surface area contributed by atoms with E-state index in [-0.39, 0.29) is 0 Å². The number of benzene rings is 4. The molecule has 0 saturated heterocycles. The summed E-state index contributed by atoms with van der Waals surface area (Å²) < 4.78 is 0. The van der Waals surface area contributed by atoms with E-state index in [0.29, 0.717) is 11.8 Å². The summed E-state index contributed by atoms with van der Waals surface area (Å²) in [4.78, 5) is 0. The molecule has 1 nitrogen and oxygen atoms in total. The van der Waals surface area contributed by atoms with Gasteiger partial charge in [0.25, 0.3) is 0 Å². The van der Waals surface area contributed by atoms with E-state index in [1.165, 1.54) is 38.8 Å². The topological polar surface area (TPSA) is 23.8 Å². The highest BCUT2D eigenvalue weighted by molar-refractivity contribution is 5.91. The summed E-state index contributed by atoms with van der Waals surface area (Å²) in [7, 11) is 0. The number of nitriles is 1. The second-order valence-electron chi connectivity index (χ2n) is 8.59. The van der Waals surface area contributed by atoms with E-state index >= 15 is 0 Å². The number of hydrogen-bond donors (Lipinski definition) is 0. The molecule has 0 heterocycles. The molecule has 2 unspecified atom stereocenters. The van der Waals surface area contributed by atoms with Crippen molar-refractivity contribution in [3.8, 4) is 6.07 Å². The highest BCUT2D eigenvalue weighted by Gasteiger charge is 2.30. The molecule has 1 heteroatoms. The first kappa shape index (κ1) is 18.6. The van der Waals surface area contributed by atoms with Crippen molar-refractivity contribution >= 4 is 10.8 Å². The zero-order valence-corrected chi connectivity index (χ0v) is 17.5. The first-order valence-corrected chi connectivity index (χ1v) is 10.7. The third-order valence-corrected chi connectivity index (χ3v) is 6.67. The Morgan fingerprint density at radius 2 is 1.33 bits per heavy atom. The van der Waals surface area contributed by atoms with Gasteiger partial charge in [0.05, 0.1) is 11.6 Å². The Hall–Kier alpha value is -3.37. The Kier molecular flexibility index (Phi) is 4.64. The van der Waals surface area contributed by atoms with Crippen molar-refractivity contribution in [3.63, 3.8) is 0 Å². The van der Waals surface area contributed by atoms with Crippen molar-refractivity contribution in [2.45, 2.75) is 38.5 Å². The lowest BCUT2D eigenvalue weighted by atomic mass is 9.70. The molecule has 0 radical (unpaired) electrons. The summed E-state index contributed by atoms with van der Waals surface area (Å²) in [6.45, 7) is 4.34. The predicted octanol–water partition coefficient (Wildman–Crippen LogP) is 7.39. The molecular formula is C29H25N. The number of aryl methyl sites for hydroxylation is 2. The number of nitrogens with zero attached hydrogens (tertiary/aromatic N) is 1. The van der Waals surface area contributed by atoms with Gasteiger partial charge in [-0.25, -0.2) is 0 Å². The molecule has 0 aliphatic heterocycles. The molecule has 0 spiro atoms. The van der Waals surface area contributed by atoms with Crippen molar-refractivity contribution in [3.05, 3.63) is 118 Å². The smallest absolute Gasteiger partial charge is 0.0998 e. The minimum absolute atomic E-state index is 0.361. The van der Waals surface area contributed by atoms with E-state index < -0.39 is 0 Å². The van der Waals surface area contributed by atoms with Crippen LogP contribution in [0.15, 0.2) is 78.9 Å². The van der Waals surface area contributed by atoms with Crippen molar-refractivity contribution in [2.75, 3.05) is 0 Å². The first-order chi connectivity index (χ1) is 14.7. The molecule has 0 amide bonds. The van der Waals surface area contributed by atoms with Gasteiger partial charge in [0, 0.05) is 11.8 Å². The van der Waals surface area contributed by atoms with Gasteiger partial charge in [0.1, 0.15) is 0 Å². The van der Waals surface area contributed by atoms with Gasteiger partial charge in [0.2, 0.25) is 0 Å². The number of fused-ring (bicyclic) bond motifs is 2. The maximum atomic E-state index is 9.56. The minimum atomic E-state index is 0.361. The molecule has 5 rings (SSSR count). The zero-order valence-electron chi connectivity index (χ0n) is 17.5.